The van der Waals surface area contributed by atoms with E-state index in [1.165, 1.54) is 0 Å². The predicted molar refractivity (Wildman–Crippen MR) is 91.5 cm³/mol. The first-order chi connectivity index (χ1) is 11.6. The Balaban J connectivity index is 1.55. The summed E-state index contributed by atoms with van der Waals surface area (Å²) < 4.78 is 0. The number of rotatable bonds is 4. The maximum absolute atomic E-state index is 12.2. The van der Waals surface area contributed by atoms with Crippen molar-refractivity contribution in [1.29, 1.82) is 0 Å². The number of aromatic nitrogens is 1. The number of nitrogens with zero attached hydrogens (tertiary/aromatic N) is 2. The fourth-order valence-electron chi connectivity index (χ4n) is 2.80. The molecule has 2 atom stereocenters. The number of hydrogen-bond donors (Lipinski definition) is 2. The second-order valence-corrected chi connectivity index (χ2v) is 5.87. The van der Waals surface area contributed by atoms with Crippen LogP contribution in [0, 0.1) is 0 Å². The Hall–Kier alpha value is -2.89. The number of anilines is 1. The monoisotopic (exact) mass is 324 g/mol. The van der Waals surface area contributed by atoms with Crippen LogP contribution in [0.2, 0.25) is 0 Å². The summed E-state index contributed by atoms with van der Waals surface area (Å²) in [6, 6.07) is 12.6. The second kappa shape index (κ2) is 7.12. The van der Waals surface area contributed by atoms with Gasteiger partial charge in [-0.15, -0.1) is 0 Å². The van der Waals surface area contributed by atoms with Crippen molar-refractivity contribution in [3.8, 4) is 0 Å². The Morgan fingerprint density at radius 3 is 2.75 bits per heavy atom. The number of benzene rings is 1. The summed E-state index contributed by atoms with van der Waals surface area (Å²) in [4.78, 5) is 30.1. The normalized spacial score (nSPS) is 18.3. The average Bonchev–Trinajstić information content (AvgIpc) is 2.96. The highest BCUT2D eigenvalue weighted by atomic mass is 16.2. The Kier molecular flexibility index (Phi) is 4.74. The SMILES string of the molecule is C[C@H](NC(=O)N[C@@H]1CC(=O)N(c2ccccc2)C1)c1cccnc1. The summed E-state index contributed by atoms with van der Waals surface area (Å²) in [5, 5.41) is 5.75. The van der Waals surface area contributed by atoms with E-state index in [-0.39, 0.29) is 24.0 Å². The van der Waals surface area contributed by atoms with Crippen LogP contribution >= 0.6 is 0 Å². The van der Waals surface area contributed by atoms with Crippen molar-refractivity contribution in [2.45, 2.75) is 25.4 Å². The van der Waals surface area contributed by atoms with Gasteiger partial charge in [0.15, 0.2) is 0 Å². The number of urea groups is 1. The highest BCUT2D eigenvalue weighted by molar-refractivity contribution is 5.96. The molecule has 6 heteroatoms. The van der Waals surface area contributed by atoms with Crippen molar-refractivity contribution in [1.82, 2.24) is 15.6 Å². The van der Waals surface area contributed by atoms with Crippen molar-refractivity contribution < 1.29 is 9.59 Å². The van der Waals surface area contributed by atoms with Gasteiger partial charge in [0.1, 0.15) is 0 Å². The minimum atomic E-state index is -0.279. The standard InChI is InChI=1S/C18H20N4O2/c1-13(14-6-5-9-19-11-14)20-18(24)21-15-10-17(23)22(12-15)16-7-3-2-4-8-16/h2-9,11,13,15H,10,12H2,1H3,(H2,20,21,24)/t13-,15+/m0/s1. The Labute approximate surface area is 140 Å². The highest BCUT2D eigenvalue weighted by Gasteiger charge is 2.31. The number of pyridine rings is 1. The van der Waals surface area contributed by atoms with Gasteiger partial charge in [0.05, 0.1) is 12.1 Å². The molecule has 1 aromatic heterocycles. The van der Waals surface area contributed by atoms with Gasteiger partial charge in [-0.1, -0.05) is 24.3 Å². The van der Waals surface area contributed by atoms with Crippen LogP contribution in [-0.2, 0) is 4.79 Å². The first-order valence-electron chi connectivity index (χ1n) is 7.96. The van der Waals surface area contributed by atoms with E-state index >= 15 is 0 Å². The molecule has 0 radical (unpaired) electrons. The number of carbonyl (C=O) groups excluding carboxylic acids is 2. The van der Waals surface area contributed by atoms with Gasteiger partial charge >= 0.3 is 6.03 Å². The average molecular weight is 324 g/mol. The third kappa shape index (κ3) is 3.71. The zero-order chi connectivity index (χ0) is 16.9. The molecule has 0 aliphatic carbocycles. The lowest BCUT2D eigenvalue weighted by atomic mass is 10.1. The van der Waals surface area contributed by atoms with Crippen LogP contribution in [0.15, 0.2) is 54.9 Å². The summed E-state index contributed by atoms with van der Waals surface area (Å²) >= 11 is 0. The van der Waals surface area contributed by atoms with Gasteiger partial charge < -0.3 is 15.5 Å². The van der Waals surface area contributed by atoms with Gasteiger partial charge in [-0.25, -0.2) is 4.79 Å². The summed E-state index contributed by atoms with van der Waals surface area (Å²) in [6.07, 6.45) is 3.73. The first kappa shape index (κ1) is 16.0. The number of carbonyl (C=O) groups is 2. The highest BCUT2D eigenvalue weighted by Crippen LogP contribution is 2.21. The van der Waals surface area contributed by atoms with Crippen molar-refractivity contribution in [2.75, 3.05) is 11.4 Å². The van der Waals surface area contributed by atoms with E-state index < -0.39 is 0 Å². The van der Waals surface area contributed by atoms with Gasteiger partial charge in [-0.2, -0.15) is 0 Å². The third-order valence-corrected chi connectivity index (χ3v) is 4.06. The maximum atomic E-state index is 12.2. The molecular weight excluding hydrogens is 304 g/mol. The van der Waals surface area contributed by atoms with Crippen LogP contribution in [0.5, 0.6) is 0 Å². The topological polar surface area (TPSA) is 74.3 Å². The van der Waals surface area contributed by atoms with Crippen LogP contribution in [-0.4, -0.2) is 29.5 Å². The molecule has 6 nitrogen and oxygen atoms in total. The van der Waals surface area contributed by atoms with E-state index in [9.17, 15) is 9.59 Å². The molecule has 0 unspecified atom stereocenters. The molecule has 2 heterocycles. The van der Waals surface area contributed by atoms with Gasteiger partial charge in [-0.3, -0.25) is 9.78 Å². The molecule has 2 aromatic rings. The van der Waals surface area contributed by atoms with Crippen molar-refractivity contribution in [2.24, 2.45) is 0 Å². The summed E-state index contributed by atoms with van der Waals surface area (Å²) in [5.41, 5.74) is 1.79. The molecule has 0 spiro atoms. The molecule has 3 rings (SSSR count). The fraction of sp³-hybridized carbons (Fsp3) is 0.278. The Morgan fingerprint density at radius 1 is 1.25 bits per heavy atom. The van der Waals surface area contributed by atoms with Gasteiger partial charge in [0.2, 0.25) is 5.91 Å². The van der Waals surface area contributed by atoms with E-state index in [0.717, 1.165) is 11.3 Å². The van der Waals surface area contributed by atoms with E-state index in [1.54, 1.807) is 17.3 Å². The maximum Gasteiger partial charge on any atom is 0.315 e. The molecule has 2 N–H and O–H groups in total. The lowest BCUT2D eigenvalue weighted by molar-refractivity contribution is -0.117. The van der Waals surface area contributed by atoms with Crippen LogP contribution in [0.1, 0.15) is 24.9 Å². The molecule has 1 aliphatic rings. The zero-order valence-corrected chi connectivity index (χ0v) is 13.5. The number of hydrogen-bond acceptors (Lipinski definition) is 3. The summed E-state index contributed by atoms with van der Waals surface area (Å²) in [7, 11) is 0. The van der Waals surface area contributed by atoms with Crippen molar-refractivity contribution >= 4 is 17.6 Å². The minimum Gasteiger partial charge on any atom is -0.333 e. The molecule has 1 fully saturated rings. The lowest BCUT2D eigenvalue weighted by Crippen LogP contribution is -2.44. The zero-order valence-electron chi connectivity index (χ0n) is 13.5. The largest absolute Gasteiger partial charge is 0.333 e. The fourth-order valence-corrected chi connectivity index (χ4v) is 2.80. The molecule has 3 amide bonds. The number of nitrogens with one attached hydrogen (secondary N) is 2. The first-order valence-corrected chi connectivity index (χ1v) is 7.96. The second-order valence-electron chi connectivity index (χ2n) is 5.87. The molecule has 24 heavy (non-hydrogen) atoms. The van der Waals surface area contributed by atoms with Crippen LogP contribution in [0.4, 0.5) is 10.5 Å². The van der Waals surface area contributed by atoms with Crippen molar-refractivity contribution in [3.63, 3.8) is 0 Å². The quantitative estimate of drug-likeness (QED) is 0.906. The Bertz CT molecular complexity index is 705. The minimum absolute atomic E-state index is 0.0202. The van der Waals surface area contributed by atoms with E-state index in [0.29, 0.717) is 13.0 Å². The molecule has 1 aliphatic heterocycles. The molecule has 1 saturated heterocycles. The molecule has 1 aromatic carbocycles. The Morgan fingerprint density at radius 2 is 2.04 bits per heavy atom. The third-order valence-electron chi connectivity index (χ3n) is 4.06. The van der Waals surface area contributed by atoms with Crippen LogP contribution in [0.3, 0.4) is 0 Å². The lowest BCUT2D eigenvalue weighted by Gasteiger charge is -2.19. The van der Waals surface area contributed by atoms with Gasteiger partial charge in [0, 0.05) is 31.0 Å². The van der Waals surface area contributed by atoms with Crippen LogP contribution in [0.25, 0.3) is 0 Å². The number of amides is 3. The molecule has 0 bridgehead atoms. The smallest absolute Gasteiger partial charge is 0.315 e. The summed E-state index contributed by atoms with van der Waals surface area (Å²) in [5.74, 6) is 0.0202. The van der Waals surface area contributed by atoms with E-state index in [4.69, 9.17) is 0 Å². The number of para-hydroxylation sites is 1. The summed E-state index contributed by atoms with van der Waals surface area (Å²) in [6.45, 7) is 2.38. The van der Waals surface area contributed by atoms with E-state index in [1.807, 2.05) is 49.4 Å². The molecular formula is C18H20N4O2. The van der Waals surface area contributed by atoms with Gasteiger partial charge in [0.25, 0.3) is 0 Å². The molecule has 0 saturated carbocycles. The van der Waals surface area contributed by atoms with E-state index in [2.05, 4.69) is 15.6 Å². The molecule has 124 valence electrons. The predicted octanol–water partition coefficient (Wildman–Crippen LogP) is 2.25. The van der Waals surface area contributed by atoms with Gasteiger partial charge in [-0.05, 0) is 30.7 Å². The van der Waals surface area contributed by atoms with Crippen molar-refractivity contribution in [3.05, 3.63) is 60.4 Å². The van der Waals surface area contributed by atoms with Crippen LogP contribution < -0.4 is 15.5 Å².